The molecular weight excluding hydrogens is 381 g/mol. The number of hydrogen-bond donors (Lipinski definition) is 2. The van der Waals surface area contributed by atoms with E-state index in [-0.39, 0.29) is 30.0 Å². The largest absolute Gasteiger partial charge is 0.496 e. The fourth-order valence-electron chi connectivity index (χ4n) is 2.26. The molecule has 21 heavy (non-hydrogen) atoms. The maximum atomic E-state index is 5.39. The Morgan fingerprint density at radius 1 is 1.38 bits per heavy atom. The SMILES string of the molecule is COc1ccccc1C1CN=C(NCc2ccoc2)N1.I. The predicted octanol–water partition coefficient (Wildman–Crippen LogP) is 2.70. The number of para-hydroxylation sites is 1. The van der Waals surface area contributed by atoms with Crippen LogP contribution < -0.4 is 15.4 Å². The maximum absolute atomic E-state index is 5.39. The van der Waals surface area contributed by atoms with Crippen molar-refractivity contribution in [2.45, 2.75) is 12.6 Å². The summed E-state index contributed by atoms with van der Waals surface area (Å²) < 4.78 is 10.4. The molecule has 3 rings (SSSR count). The number of nitrogens with one attached hydrogen (secondary N) is 2. The molecule has 6 heteroatoms. The van der Waals surface area contributed by atoms with E-state index in [9.17, 15) is 0 Å². The first-order chi connectivity index (χ1) is 9.86. The van der Waals surface area contributed by atoms with Crippen LogP contribution in [0.5, 0.6) is 5.75 Å². The molecule has 0 amide bonds. The lowest BCUT2D eigenvalue weighted by molar-refractivity contribution is 0.405. The van der Waals surface area contributed by atoms with Gasteiger partial charge in [-0.05, 0) is 12.1 Å². The lowest BCUT2D eigenvalue weighted by Gasteiger charge is -2.15. The van der Waals surface area contributed by atoms with Crippen LogP contribution >= 0.6 is 24.0 Å². The summed E-state index contributed by atoms with van der Waals surface area (Å²) >= 11 is 0. The summed E-state index contributed by atoms with van der Waals surface area (Å²) in [4.78, 5) is 4.48. The van der Waals surface area contributed by atoms with Gasteiger partial charge in [0.05, 0.1) is 32.2 Å². The van der Waals surface area contributed by atoms with Gasteiger partial charge in [0.15, 0.2) is 5.96 Å². The second-order valence-electron chi connectivity index (χ2n) is 4.61. The summed E-state index contributed by atoms with van der Waals surface area (Å²) in [5.41, 5.74) is 2.22. The summed E-state index contributed by atoms with van der Waals surface area (Å²) in [5.74, 6) is 1.69. The minimum Gasteiger partial charge on any atom is -0.496 e. The van der Waals surface area contributed by atoms with Gasteiger partial charge in [-0.3, -0.25) is 4.99 Å². The molecule has 1 unspecified atom stereocenters. The van der Waals surface area contributed by atoms with Gasteiger partial charge in [0.1, 0.15) is 5.75 Å². The monoisotopic (exact) mass is 399 g/mol. The van der Waals surface area contributed by atoms with Crippen molar-refractivity contribution in [3.63, 3.8) is 0 Å². The lowest BCUT2D eigenvalue weighted by atomic mass is 10.1. The zero-order valence-electron chi connectivity index (χ0n) is 11.7. The van der Waals surface area contributed by atoms with E-state index in [0.29, 0.717) is 13.1 Å². The quantitative estimate of drug-likeness (QED) is 0.777. The Morgan fingerprint density at radius 2 is 2.24 bits per heavy atom. The zero-order chi connectivity index (χ0) is 13.8. The molecule has 1 aliphatic heterocycles. The Hall–Kier alpha value is -1.70. The molecule has 0 saturated heterocycles. The fraction of sp³-hybridized carbons (Fsp3) is 0.267. The van der Waals surface area contributed by atoms with E-state index in [2.05, 4.69) is 21.7 Å². The molecule has 1 aromatic carbocycles. The number of ether oxygens (including phenoxy) is 1. The van der Waals surface area contributed by atoms with E-state index in [0.717, 1.165) is 22.8 Å². The van der Waals surface area contributed by atoms with E-state index >= 15 is 0 Å². The highest BCUT2D eigenvalue weighted by Gasteiger charge is 2.21. The van der Waals surface area contributed by atoms with Crippen LogP contribution in [0.25, 0.3) is 0 Å². The van der Waals surface area contributed by atoms with Crippen molar-refractivity contribution in [1.29, 1.82) is 0 Å². The van der Waals surface area contributed by atoms with Crippen molar-refractivity contribution in [3.05, 3.63) is 54.0 Å². The van der Waals surface area contributed by atoms with Crippen LogP contribution in [0.2, 0.25) is 0 Å². The molecule has 1 atom stereocenters. The topological polar surface area (TPSA) is 58.8 Å². The Balaban J connectivity index is 0.00000161. The van der Waals surface area contributed by atoms with Gasteiger partial charge in [-0.2, -0.15) is 0 Å². The number of hydrogen-bond acceptors (Lipinski definition) is 5. The van der Waals surface area contributed by atoms with E-state index in [4.69, 9.17) is 9.15 Å². The number of aliphatic imine (C=N–C) groups is 1. The second kappa shape index (κ2) is 7.35. The predicted molar refractivity (Wildman–Crippen MR) is 92.1 cm³/mol. The minimum absolute atomic E-state index is 0. The molecule has 2 aromatic rings. The van der Waals surface area contributed by atoms with E-state index in [1.807, 2.05) is 24.3 Å². The average molecular weight is 399 g/mol. The minimum atomic E-state index is 0. The lowest BCUT2D eigenvalue weighted by Crippen LogP contribution is -2.34. The highest BCUT2D eigenvalue weighted by Crippen LogP contribution is 2.26. The Labute approximate surface area is 140 Å². The maximum Gasteiger partial charge on any atom is 0.192 e. The van der Waals surface area contributed by atoms with Crippen molar-refractivity contribution in [3.8, 4) is 5.75 Å². The normalized spacial score (nSPS) is 16.6. The van der Waals surface area contributed by atoms with Crippen molar-refractivity contribution >= 4 is 29.9 Å². The molecule has 2 N–H and O–H groups in total. The van der Waals surface area contributed by atoms with Gasteiger partial charge in [-0.15, -0.1) is 24.0 Å². The third kappa shape index (κ3) is 3.69. The smallest absolute Gasteiger partial charge is 0.192 e. The Kier molecular flexibility index (Phi) is 5.49. The summed E-state index contributed by atoms with van der Waals surface area (Å²) in [6, 6.07) is 10.1. The highest BCUT2D eigenvalue weighted by molar-refractivity contribution is 14.0. The molecule has 2 heterocycles. The van der Waals surface area contributed by atoms with Crippen molar-refractivity contribution in [1.82, 2.24) is 10.6 Å². The average Bonchev–Trinajstić information content (AvgIpc) is 3.16. The molecule has 0 saturated carbocycles. The highest BCUT2D eigenvalue weighted by atomic mass is 127. The van der Waals surface area contributed by atoms with Crippen LogP contribution in [0.1, 0.15) is 17.2 Å². The van der Waals surface area contributed by atoms with Crippen molar-refractivity contribution < 1.29 is 9.15 Å². The molecule has 1 aliphatic rings. The summed E-state index contributed by atoms with van der Waals surface area (Å²) in [6.07, 6.45) is 3.39. The van der Waals surface area contributed by atoms with Gasteiger partial charge < -0.3 is 19.8 Å². The van der Waals surface area contributed by atoms with Crippen molar-refractivity contribution in [2.24, 2.45) is 4.99 Å². The van der Waals surface area contributed by atoms with E-state index < -0.39 is 0 Å². The van der Waals surface area contributed by atoms with Gasteiger partial charge in [-0.25, -0.2) is 0 Å². The molecule has 1 aromatic heterocycles. The third-order valence-corrected chi connectivity index (χ3v) is 3.30. The second-order valence-corrected chi connectivity index (χ2v) is 4.61. The van der Waals surface area contributed by atoms with Crippen molar-refractivity contribution in [2.75, 3.05) is 13.7 Å². The molecule has 0 bridgehead atoms. The van der Waals surface area contributed by atoms with Gasteiger partial charge >= 0.3 is 0 Å². The fourth-order valence-corrected chi connectivity index (χ4v) is 2.26. The van der Waals surface area contributed by atoms with Crippen LogP contribution in [-0.4, -0.2) is 19.6 Å². The first-order valence-electron chi connectivity index (χ1n) is 6.55. The standard InChI is InChI=1S/C15H17N3O2.HI/c1-19-14-5-3-2-4-12(14)13-9-17-15(18-13)16-8-11-6-7-20-10-11;/h2-7,10,13H,8-9H2,1H3,(H2,16,17,18);1H. The van der Waals surface area contributed by atoms with Gasteiger partial charge in [0.2, 0.25) is 0 Å². The van der Waals surface area contributed by atoms with Crippen LogP contribution in [0.4, 0.5) is 0 Å². The summed E-state index contributed by atoms with van der Waals surface area (Å²) in [6.45, 7) is 1.40. The number of furan rings is 1. The molecule has 5 nitrogen and oxygen atoms in total. The molecule has 0 spiro atoms. The van der Waals surface area contributed by atoms with E-state index in [1.54, 1.807) is 19.6 Å². The number of benzene rings is 1. The number of guanidine groups is 1. The Bertz CT molecular complexity index is 599. The third-order valence-electron chi connectivity index (χ3n) is 3.30. The van der Waals surface area contributed by atoms with E-state index in [1.165, 1.54) is 0 Å². The van der Waals surface area contributed by atoms with Gasteiger partial charge in [0, 0.05) is 17.7 Å². The molecule has 0 aliphatic carbocycles. The first-order valence-corrected chi connectivity index (χ1v) is 6.55. The van der Waals surface area contributed by atoms with Crippen LogP contribution in [-0.2, 0) is 6.54 Å². The molecule has 0 fully saturated rings. The molecular formula is C15H18IN3O2. The number of rotatable bonds is 4. The summed E-state index contributed by atoms with van der Waals surface area (Å²) in [5, 5.41) is 6.63. The Morgan fingerprint density at radius 3 is 3.00 bits per heavy atom. The molecule has 112 valence electrons. The number of halogens is 1. The van der Waals surface area contributed by atoms with Crippen LogP contribution in [0, 0.1) is 0 Å². The summed E-state index contributed by atoms with van der Waals surface area (Å²) in [7, 11) is 1.69. The number of nitrogens with zero attached hydrogens (tertiary/aromatic N) is 1. The first kappa shape index (κ1) is 15.7. The zero-order valence-corrected chi connectivity index (χ0v) is 14.0. The number of methoxy groups -OCH3 is 1. The molecule has 0 radical (unpaired) electrons. The van der Waals surface area contributed by atoms with Gasteiger partial charge in [-0.1, -0.05) is 18.2 Å². The van der Waals surface area contributed by atoms with Crippen LogP contribution in [0.3, 0.4) is 0 Å². The van der Waals surface area contributed by atoms with Gasteiger partial charge in [0.25, 0.3) is 0 Å². The van der Waals surface area contributed by atoms with Crippen LogP contribution in [0.15, 0.2) is 52.3 Å².